The van der Waals surface area contributed by atoms with Crippen LogP contribution < -0.4 is 26.2 Å². The number of para-hydroxylation sites is 3. The van der Waals surface area contributed by atoms with Gasteiger partial charge in [0.05, 0.1) is 44.7 Å². The van der Waals surface area contributed by atoms with Crippen molar-refractivity contribution in [2.75, 3.05) is 79.7 Å². The summed E-state index contributed by atoms with van der Waals surface area (Å²) < 4.78 is 10.6. The van der Waals surface area contributed by atoms with E-state index >= 15 is 0 Å². The molecule has 0 aliphatic carbocycles. The topological polar surface area (TPSA) is 182 Å². The number of hydrazone groups is 1. The number of ether oxygens (including phenoxy) is 2. The molecular weight excluding hydrogens is 921 g/mol. The average molecular weight is 993 g/mol. The Morgan fingerprint density at radius 1 is 0.562 bits per heavy atom. The highest BCUT2D eigenvalue weighted by Crippen LogP contribution is 2.24. The van der Waals surface area contributed by atoms with E-state index in [0.717, 1.165) is 99.7 Å². The van der Waals surface area contributed by atoms with Gasteiger partial charge in [0.15, 0.2) is 12.6 Å². The summed E-state index contributed by atoms with van der Waals surface area (Å²) in [5, 5.41) is 13.6. The number of carbonyl (C=O) groups excluding carboxylic acids is 4. The number of phenols is 1. The van der Waals surface area contributed by atoms with Crippen molar-refractivity contribution >= 4 is 30.6 Å². The number of piperazine rings is 2. The molecule has 0 saturated carbocycles. The number of rotatable bonds is 20. The first-order valence-electron chi connectivity index (χ1n) is 24.2. The Morgan fingerprint density at radius 3 is 1.40 bits per heavy atom. The first kappa shape index (κ1) is 58.0. The molecule has 2 aliphatic rings. The zero-order valence-electron chi connectivity index (χ0n) is 42.4. The molecule has 2 amide bonds. The number of hydrogen-bond donors (Lipinski definition) is 4. The molecule has 15 heteroatoms. The Morgan fingerprint density at radius 2 is 0.959 bits per heavy atom. The number of hydrogen-bond acceptors (Lipinski definition) is 13. The minimum Gasteiger partial charge on any atom is -0.507 e. The molecule has 5 aromatic carbocycles. The molecule has 0 atom stereocenters. The Balaban J connectivity index is 0.000000228. The van der Waals surface area contributed by atoms with E-state index in [-0.39, 0.29) is 17.6 Å². The third kappa shape index (κ3) is 20.2. The molecule has 0 aromatic heterocycles. The van der Waals surface area contributed by atoms with E-state index in [1.807, 2.05) is 48.5 Å². The Labute approximate surface area is 431 Å². The number of benzene rings is 5. The first-order valence-corrected chi connectivity index (χ1v) is 24.2. The maximum Gasteiger partial charge on any atom is 0.254 e. The van der Waals surface area contributed by atoms with Gasteiger partial charge in [-0.25, -0.2) is 11.3 Å². The summed E-state index contributed by atoms with van der Waals surface area (Å²) in [5.41, 5.74) is 12.0. The Hall–Kier alpha value is -7.53. The third-order valence-electron chi connectivity index (χ3n) is 11.9. The van der Waals surface area contributed by atoms with Crippen LogP contribution in [0.1, 0.15) is 54.1 Å². The highest BCUT2D eigenvalue weighted by Gasteiger charge is 2.20. The quantitative estimate of drug-likeness (QED) is 0.0163. The van der Waals surface area contributed by atoms with Gasteiger partial charge in [0, 0.05) is 71.0 Å². The van der Waals surface area contributed by atoms with E-state index in [1.165, 1.54) is 11.1 Å². The van der Waals surface area contributed by atoms with Crippen LogP contribution in [0.15, 0.2) is 158 Å². The summed E-state index contributed by atoms with van der Waals surface area (Å²) in [4.78, 5) is 53.6. The molecule has 386 valence electrons. The van der Waals surface area contributed by atoms with Crippen molar-refractivity contribution in [1.29, 1.82) is 0 Å². The van der Waals surface area contributed by atoms with Crippen LogP contribution in [0.2, 0.25) is 0 Å². The second-order valence-corrected chi connectivity index (χ2v) is 17.1. The number of hydrazine groups is 1. The van der Waals surface area contributed by atoms with Crippen LogP contribution in [0.4, 0.5) is 0 Å². The molecule has 2 fully saturated rings. The number of allylic oxidation sites excluding steroid dienone is 3. The molecule has 15 nitrogen and oxygen atoms in total. The monoisotopic (exact) mass is 993 g/mol. The SMILES string of the molecule is C=CCc1cccc(/C=N/NC(=O)CN2CCN(Cc3ccccc3)CC2)c1OC.C=CCc1cccc(C=O)c1O.C=CCc1cccc(C=O)c1OC.NNC(=O)CN1CCN(Cc2ccccc2)CC1. The van der Waals surface area contributed by atoms with Crippen LogP contribution in [0.25, 0.3) is 0 Å². The molecule has 5 N–H and O–H groups in total. The van der Waals surface area contributed by atoms with E-state index in [9.17, 15) is 24.3 Å². The van der Waals surface area contributed by atoms with E-state index in [4.69, 9.17) is 15.3 Å². The van der Waals surface area contributed by atoms with Crippen LogP contribution in [0.5, 0.6) is 17.2 Å². The molecule has 2 saturated heterocycles. The Bertz CT molecular complexity index is 2520. The van der Waals surface area contributed by atoms with Crippen molar-refractivity contribution in [3.05, 3.63) is 198 Å². The maximum atomic E-state index is 12.3. The lowest BCUT2D eigenvalue weighted by molar-refractivity contribution is -0.123. The van der Waals surface area contributed by atoms with Crippen LogP contribution in [-0.4, -0.2) is 135 Å². The largest absolute Gasteiger partial charge is 0.507 e. The zero-order chi connectivity index (χ0) is 52.6. The number of aromatic hydroxyl groups is 1. The standard InChI is InChI=1S/C24H30N4O2.C13H20N4O.C11H12O2.C10H10O2/c1-3-8-21-11-7-12-22(24(21)30-2)17-25-26-23(29)19-28-15-13-27(14-16-28)18-20-9-5-4-6-10-20;14-15-13(18)11-17-8-6-16(7-9-17)10-12-4-2-1-3-5-12;1-3-5-9-6-4-7-10(8-12)11(9)13-2;1-2-4-8-5-3-6-9(7-11)10(8)12/h3-7,9-12,17H,1,8,13-16,18-19H2,2H3,(H,26,29);1-5H,6-11,14H2,(H,15,18);3-4,6-8H,1,5H2,2H3;2-3,5-7,12H,1,4H2/b25-17+;;;. The lowest BCUT2D eigenvalue weighted by atomic mass is 10.1. The van der Waals surface area contributed by atoms with Crippen LogP contribution in [0, 0.1) is 0 Å². The van der Waals surface area contributed by atoms with Crippen molar-refractivity contribution in [3.63, 3.8) is 0 Å². The number of phenolic OH excluding ortho intramolecular Hbond substituents is 1. The molecular formula is C58H72N8O7. The van der Waals surface area contributed by atoms with E-state index < -0.39 is 0 Å². The van der Waals surface area contributed by atoms with Crippen molar-refractivity contribution in [2.24, 2.45) is 10.9 Å². The predicted molar refractivity (Wildman–Crippen MR) is 291 cm³/mol. The second-order valence-electron chi connectivity index (χ2n) is 17.1. The normalized spacial score (nSPS) is 13.8. The molecule has 5 aromatic rings. The fourth-order valence-corrected chi connectivity index (χ4v) is 8.12. The van der Waals surface area contributed by atoms with E-state index in [1.54, 1.807) is 56.9 Å². The molecule has 0 spiro atoms. The zero-order valence-corrected chi connectivity index (χ0v) is 42.4. The third-order valence-corrected chi connectivity index (χ3v) is 11.9. The second kappa shape index (κ2) is 33.2. The van der Waals surface area contributed by atoms with Gasteiger partial charge in [-0.1, -0.05) is 115 Å². The smallest absolute Gasteiger partial charge is 0.254 e. The van der Waals surface area contributed by atoms with Gasteiger partial charge >= 0.3 is 0 Å². The number of amides is 2. The number of nitrogens with zero attached hydrogens (tertiary/aromatic N) is 5. The minimum atomic E-state index is -0.119. The summed E-state index contributed by atoms with van der Waals surface area (Å²) in [6, 6.07) is 37.4. The van der Waals surface area contributed by atoms with Crippen LogP contribution in [-0.2, 0) is 41.9 Å². The fraction of sp³-hybridized carbons (Fsp3) is 0.293. The molecule has 0 unspecified atom stereocenters. The summed E-state index contributed by atoms with van der Waals surface area (Å²) in [7, 11) is 3.20. The molecule has 2 aliphatic heterocycles. The number of nitrogens with two attached hydrogens (primary N) is 1. The number of aldehydes is 2. The number of nitrogens with one attached hydrogen (secondary N) is 2. The summed E-state index contributed by atoms with van der Waals surface area (Å²) in [5.74, 6) is 6.32. The van der Waals surface area contributed by atoms with Crippen molar-refractivity contribution in [2.45, 2.75) is 32.4 Å². The molecule has 0 bridgehead atoms. The number of methoxy groups -OCH3 is 2. The lowest BCUT2D eigenvalue weighted by Gasteiger charge is -2.34. The predicted octanol–water partition coefficient (Wildman–Crippen LogP) is 6.66. The Kier molecular flexibility index (Phi) is 26.4. The van der Waals surface area contributed by atoms with Gasteiger partial charge in [-0.2, -0.15) is 5.10 Å². The van der Waals surface area contributed by atoms with E-state index in [0.29, 0.717) is 55.5 Å². The van der Waals surface area contributed by atoms with Gasteiger partial charge in [-0.05, 0) is 65.3 Å². The molecule has 0 radical (unpaired) electrons. The lowest BCUT2D eigenvalue weighted by Crippen LogP contribution is -2.49. The van der Waals surface area contributed by atoms with Crippen molar-refractivity contribution in [3.8, 4) is 17.2 Å². The van der Waals surface area contributed by atoms with Gasteiger partial charge in [0.1, 0.15) is 17.2 Å². The van der Waals surface area contributed by atoms with Gasteiger partial charge < -0.3 is 14.6 Å². The average Bonchev–Trinajstić information content (AvgIpc) is 3.41. The van der Waals surface area contributed by atoms with E-state index in [2.05, 4.69) is 104 Å². The fourth-order valence-electron chi connectivity index (χ4n) is 8.12. The van der Waals surface area contributed by atoms with Gasteiger partial charge in [0.2, 0.25) is 5.91 Å². The maximum absolute atomic E-state index is 12.3. The minimum absolute atomic E-state index is 0.0624. The molecule has 7 rings (SSSR count). The number of carbonyl (C=O) groups is 4. The molecule has 73 heavy (non-hydrogen) atoms. The highest BCUT2D eigenvalue weighted by atomic mass is 16.5. The van der Waals surface area contributed by atoms with Crippen molar-refractivity contribution < 1.29 is 33.8 Å². The van der Waals surface area contributed by atoms with Gasteiger partial charge in [-0.15, -0.1) is 19.7 Å². The highest BCUT2D eigenvalue weighted by molar-refractivity contribution is 5.86. The summed E-state index contributed by atoms with van der Waals surface area (Å²) >= 11 is 0. The van der Waals surface area contributed by atoms with Crippen LogP contribution >= 0.6 is 0 Å². The van der Waals surface area contributed by atoms with Crippen LogP contribution in [0.3, 0.4) is 0 Å². The summed E-state index contributed by atoms with van der Waals surface area (Å²) in [6.45, 7) is 21.1. The molecule has 2 heterocycles. The summed E-state index contributed by atoms with van der Waals surface area (Å²) in [6.07, 6.45) is 10.4. The van der Waals surface area contributed by atoms with Gasteiger partial charge in [-0.3, -0.25) is 44.2 Å². The first-order chi connectivity index (χ1) is 35.6. The van der Waals surface area contributed by atoms with Crippen molar-refractivity contribution in [1.82, 2.24) is 30.5 Å². The van der Waals surface area contributed by atoms with Gasteiger partial charge in [0.25, 0.3) is 5.91 Å².